The summed E-state index contributed by atoms with van der Waals surface area (Å²) in [7, 11) is 0. The second-order valence-corrected chi connectivity index (χ2v) is 6.93. The molecule has 0 aliphatic carbocycles. The molecular formula is C19H21Cl2NO2. The van der Waals surface area contributed by atoms with Crippen LogP contribution in [0.4, 0.5) is 0 Å². The van der Waals surface area contributed by atoms with Crippen molar-refractivity contribution >= 4 is 23.2 Å². The predicted octanol–water partition coefficient (Wildman–Crippen LogP) is 5.91. The lowest BCUT2D eigenvalue weighted by atomic mass is 10.0. The van der Waals surface area contributed by atoms with Crippen molar-refractivity contribution in [2.45, 2.75) is 32.5 Å². The van der Waals surface area contributed by atoms with E-state index in [0.29, 0.717) is 16.0 Å². The van der Waals surface area contributed by atoms with Gasteiger partial charge in [0.05, 0.1) is 29.0 Å². The second kappa shape index (κ2) is 8.30. The van der Waals surface area contributed by atoms with Crippen LogP contribution in [0, 0.1) is 5.92 Å². The van der Waals surface area contributed by atoms with Crippen LogP contribution in [0.2, 0.25) is 10.0 Å². The van der Waals surface area contributed by atoms with Gasteiger partial charge in [0.2, 0.25) is 0 Å². The van der Waals surface area contributed by atoms with Crippen LogP contribution in [-0.2, 0) is 9.47 Å². The van der Waals surface area contributed by atoms with Crippen molar-refractivity contribution < 1.29 is 9.47 Å². The maximum absolute atomic E-state index is 6.07. The fourth-order valence-electron chi connectivity index (χ4n) is 2.77. The molecule has 24 heavy (non-hydrogen) atoms. The summed E-state index contributed by atoms with van der Waals surface area (Å²) in [5.41, 5.74) is 2.71. The fourth-order valence-corrected chi connectivity index (χ4v) is 3.06. The highest BCUT2D eigenvalue weighted by atomic mass is 35.5. The maximum Gasteiger partial charge on any atom is 0.185 e. The Hall–Kier alpha value is -1.13. The lowest BCUT2D eigenvalue weighted by Crippen LogP contribution is -2.27. The van der Waals surface area contributed by atoms with Crippen molar-refractivity contribution in [1.29, 1.82) is 0 Å². The third-order valence-electron chi connectivity index (χ3n) is 4.21. The molecule has 3 nitrogen and oxygen atoms in total. The number of rotatable bonds is 5. The van der Waals surface area contributed by atoms with Crippen molar-refractivity contribution in [2.24, 2.45) is 5.92 Å². The molecule has 0 atom stereocenters. The predicted molar refractivity (Wildman–Crippen MR) is 97.4 cm³/mol. The van der Waals surface area contributed by atoms with Crippen LogP contribution in [0.25, 0.3) is 11.3 Å². The van der Waals surface area contributed by atoms with Gasteiger partial charge in [-0.1, -0.05) is 55.1 Å². The first-order chi connectivity index (χ1) is 11.7. The van der Waals surface area contributed by atoms with Gasteiger partial charge in [-0.25, -0.2) is 0 Å². The lowest BCUT2D eigenvalue weighted by Gasteiger charge is -2.29. The monoisotopic (exact) mass is 365 g/mol. The molecule has 0 bridgehead atoms. The zero-order chi connectivity index (χ0) is 16.9. The summed E-state index contributed by atoms with van der Waals surface area (Å²) < 4.78 is 11.7. The van der Waals surface area contributed by atoms with Crippen LogP contribution in [-0.4, -0.2) is 18.2 Å². The van der Waals surface area contributed by atoms with Gasteiger partial charge >= 0.3 is 0 Å². The quantitative estimate of drug-likeness (QED) is 0.659. The SMILES string of the molecule is CCCCC1COC(c2ccc(-c3ccc(Cl)c(Cl)c3)nc2)OC1. The summed E-state index contributed by atoms with van der Waals surface area (Å²) in [5, 5.41) is 1.07. The Morgan fingerprint density at radius 3 is 2.50 bits per heavy atom. The first kappa shape index (κ1) is 17.7. The Morgan fingerprint density at radius 2 is 1.88 bits per heavy atom. The van der Waals surface area contributed by atoms with E-state index >= 15 is 0 Å². The number of benzene rings is 1. The molecule has 1 aliphatic heterocycles. The molecule has 5 heteroatoms. The molecule has 0 unspecified atom stereocenters. The van der Waals surface area contributed by atoms with Crippen LogP contribution in [0.5, 0.6) is 0 Å². The van der Waals surface area contributed by atoms with Gasteiger partial charge in [-0.15, -0.1) is 0 Å². The Kier molecular flexibility index (Phi) is 6.12. The van der Waals surface area contributed by atoms with Gasteiger partial charge in [0.15, 0.2) is 6.29 Å². The number of hydrogen-bond acceptors (Lipinski definition) is 3. The standard InChI is InChI=1S/C19H21Cl2NO2/c1-2-3-4-13-11-23-19(24-12-13)15-6-8-18(22-10-15)14-5-7-16(20)17(21)9-14/h5-10,13,19H,2-4,11-12H2,1H3. The van der Waals surface area contributed by atoms with Gasteiger partial charge in [-0.2, -0.15) is 0 Å². The summed E-state index contributed by atoms with van der Waals surface area (Å²) in [5.74, 6) is 0.504. The lowest BCUT2D eigenvalue weighted by molar-refractivity contribution is -0.206. The van der Waals surface area contributed by atoms with Gasteiger partial charge < -0.3 is 9.47 Å². The van der Waals surface area contributed by atoms with Gasteiger partial charge in [0, 0.05) is 23.2 Å². The van der Waals surface area contributed by atoms with E-state index in [2.05, 4.69) is 11.9 Å². The molecule has 1 aromatic carbocycles. The van der Waals surface area contributed by atoms with E-state index in [1.807, 2.05) is 24.3 Å². The Labute approximate surface area is 152 Å². The normalized spacial score (nSPS) is 21.0. The molecule has 0 amide bonds. The fraction of sp³-hybridized carbons (Fsp3) is 0.421. The van der Waals surface area contributed by atoms with Crippen molar-refractivity contribution in [3.8, 4) is 11.3 Å². The van der Waals surface area contributed by atoms with Crippen molar-refractivity contribution in [2.75, 3.05) is 13.2 Å². The van der Waals surface area contributed by atoms with Crippen molar-refractivity contribution in [3.05, 3.63) is 52.1 Å². The molecule has 128 valence electrons. The third-order valence-corrected chi connectivity index (χ3v) is 4.95. The number of ether oxygens (including phenoxy) is 2. The second-order valence-electron chi connectivity index (χ2n) is 6.11. The Bertz CT molecular complexity index is 668. The molecule has 1 aliphatic rings. The van der Waals surface area contributed by atoms with Gasteiger partial charge in [0.25, 0.3) is 0 Å². The molecule has 0 spiro atoms. The van der Waals surface area contributed by atoms with Gasteiger partial charge in [-0.3, -0.25) is 4.98 Å². The third kappa shape index (κ3) is 4.28. The van der Waals surface area contributed by atoms with E-state index in [-0.39, 0.29) is 6.29 Å². The first-order valence-corrected chi connectivity index (χ1v) is 9.07. The number of pyridine rings is 1. The Balaban J connectivity index is 1.64. The highest BCUT2D eigenvalue weighted by Gasteiger charge is 2.23. The minimum Gasteiger partial charge on any atom is -0.348 e. The number of aromatic nitrogens is 1. The number of halogens is 2. The maximum atomic E-state index is 6.07. The minimum absolute atomic E-state index is 0.321. The average Bonchev–Trinajstić information content (AvgIpc) is 2.63. The van der Waals surface area contributed by atoms with Crippen molar-refractivity contribution in [3.63, 3.8) is 0 Å². The molecule has 1 fully saturated rings. The topological polar surface area (TPSA) is 31.4 Å². The van der Waals surface area contributed by atoms with E-state index in [1.54, 1.807) is 12.3 Å². The van der Waals surface area contributed by atoms with Crippen LogP contribution in [0.15, 0.2) is 36.5 Å². The van der Waals surface area contributed by atoms with E-state index in [1.165, 1.54) is 12.8 Å². The molecule has 3 rings (SSSR count). The number of hydrogen-bond donors (Lipinski definition) is 0. The summed E-state index contributed by atoms with van der Waals surface area (Å²) in [6, 6.07) is 9.44. The molecule has 0 saturated carbocycles. The van der Waals surface area contributed by atoms with E-state index in [0.717, 1.165) is 36.5 Å². The highest BCUT2D eigenvalue weighted by molar-refractivity contribution is 6.42. The highest BCUT2D eigenvalue weighted by Crippen LogP contribution is 2.30. The molecule has 2 aromatic rings. The smallest absolute Gasteiger partial charge is 0.185 e. The van der Waals surface area contributed by atoms with E-state index < -0.39 is 0 Å². The zero-order valence-electron chi connectivity index (χ0n) is 13.7. The summed E-state index contributed by atoms with van der Waals surface area (Å²) in [4.78, 5) is 4.50. The molecule has 1 saturated heterocycles. The van der Waals surface area contributed by atoms with Gasteiger partial charge in [0.1, 0.15) is 0 Å². The van der Waals surface area contributed by atoms with Crippen molar-refractivity contribution in [1.82, 2.24) is 4.98 Å². The van der Waals surface area contributed by atoms with Crippen LogP contribution >= 0.6 is 23.2 Å². The van der Waals surface area contributed by atoms with Crippen LogP contribution < -0.4 is 0 Å². The molecule has 1 aromatic heterocycles. The van der Waals surface area contributed by atoms with E-state index in [4.69, 9.17) is 32.7 Å². The molecule has 2 heterocycles. The molecular weight excluding hydrogens is 345 g/mol. The molecule has 0 N–H and O–H groups in total. The summed E-state index contributed by atoms with van der Waals surface area (Å²) in [6.07, 6.45) is 5.08. The van der Waals surface area contributed by atoms with Crippen LogP contribution in [0.1, 0.15) is 38.0 Å². The Morgan fingerprint density at radius 1 is 1.08 bits per heavy atom. The van der Waals surface area contributed by atoms with Gasteiger partial charge in [-0.05, 0) is 24.6 Å². The number of unbranched alkanes of at least 4 members (excludes halogenated alkanes) is 1. The largest absolute Gasteiger partial charge is 0.348 e. The molecule has 0 radical (unpaired) electrons. The number of nitrogens with zero attached hydrogens (tertiary/aromatic N) is 1. The minimum atomic E-state index is -0.321. The van der Waals surface area contributed by atoms with E-state index in [9.17, 15) is 0 Å². The first-order valence-electron chi connectivity index (χ1n) is 8.32. The zero-order valence-corrected chi connectivity index (χ0v) is 15.2. The summed E-state index contributed by atoms with van der Waals surface area (Å²) >= 11 is 12.0. The van der Waals surface area contributed by atoms with Crippen LogP contribution in [0.3, 0.4) is 0 Å². The summed E-state index contributed by atoms with van der Waals surface area (Å²) in [6.45, 7) is 3.70. The average molecular weight is 366 g/mol.